The zero-order valence-electron chi connectivity index (χ0n) is 11.0. The van der Waals surface area contributed by atoms with Gasteiger partial charge in [0.25, 0.3) is 5.91 Å². The first-order valence-electron chi connectivity index (χ1n) is 6.38. The summed E-state index contributed by atoms with van der Waals surface area (Å²) in [7, 11) is 0. The average Bonchev–Trinajstić information content (AvgIpc) is 2.92. The van der Waals surface area contributed by atoms with Crippen molar-refractivity contribution in [3.05, 3.63) is 66.4 Å². The van der Waals surface area contributed by atoms with Crippen LogP contribution in [0, 0.1) is 0 Å². The monoisotopic (exact) mass is 280 g/mol. The van der Waals surface area contributed by atoms with Gasteiger partial charge >= 0.3 is 6.03 Å². The smallest absolute Gasteiger partial charge is 0.326 e. The number of urea groups is 1. The van der Waals surface area contributed by atoms with Crippen LogP contribution in [-0.4, -0.2) is 11.9 Å². The maximum Gasteiger partial charge on any atom is 0.326 e. The second-order valence-electron chi connectivity index (χ2n) is 4.42. The van der Waals surface area contributed by atoms with Gasteiger partial charge in [-0.3, -0.25) is 10.1 Å². The molecule has 1 aromatic heterocycles. The Labute approximate surface area is 120 Å². The Kier molecular flexibility index (Phi) is 3.39. The molecule has 5 nitrogen and oxygen atoms in total. The molecule has 5 heteroatoms. The molecule has 0 saturated heterocycles. The minimum Gasteiger partial charge on any atom is -0.451 e. The quantitative estimate of drug-likeness (QED) is 0.755. The number of furan rings is 1. The fourth-order valence-corrected chi connectivity index (χ4v) is 1.94. The number of nitrogens with one attached hydrogen (secondary N) is 2. The molecule has 104 valence electrons. The molecule has 21 heavy (non-hydrogen) atoms. The van der Waals surface area contributed by atoms with Crippen LogP contribution in [0.5, 0.6) is 0 Å². The van der Waals surface area contributed by atoms with Gasteiger partial charge in [0.1, 0.15) is 5.58 Å². The van der Waals surface area contributed by atoms with Gasteiger partial charge in [-0.2, -0.15) is 0 Å². The highest BCUT2D eigenvalue weighted by molar-refractivity contribution is 6.08. The number of para-hydroxylation sites is 2. The summed E-state index contributed by atoms with van der Waals surface area (Å²) < 4.78 is 5.39. The molecule has 0 spiro atoms. The molecule has 2 aromatic carbocycles. The van der Waals surface area contributed by atoms with Gasteiger partial charge in [-0.25, -0.2) is 4.79 Å². The molecule has 3 amide bonds. The van der Waals surface area contributed by atoms with Crippen LogP contribution in [0.15, 0.2) is 65.1 Å². The molecule has 1 heterocycles. The van der Waals surface area contributed by atoms with Crippen LogP contribution in [-0.2, 0) is 0 Å². The molecule has 0 saturated carbocycles. The third-order valence-corrected chi connectivity index (χ3v) is 2.91. The van der Waals surface area contributed by atoms with Crippen molar-refractivity contribution in [1.29, 1.82) is 0 Å². The second kappa shape index (κ2) is 5.50. The fraction of sp³-hybridized carbons (Fsp3) is 0. The molecular weight excluding hydrogens is 268 g/mol. The number of imide groups is 1. The zero-order chi connectivity index (χ0) is 14.7. The number of fused-ring (bicyclic) bond motifs is 1. The number of carbonyl (C=O) groups excluding carboxylic acids is 2. The van der Waals surface area contributed by atoms with Gasteiger partial charge in [0.15, 0.2) is 5.76 Å². The summed E-state index contributed by atoms with van der Waals surface area (Å²) in [4.78, 5) is 23.7. The van der Waals surface area contributed by atoms with E-state index in [9.17, 15) is 9.59 Å². The standard InChI is InChI=1S/C16H12N2O3/c19-15(14-10-11-6-4-5-9-13(11)21-14)18-16(20)17-12-7-2-1-3-8-12/h1-10H,(H2,17,18,19,20). The van der Waals surface area contributed by atoms with Gasteiger partial charge in [-0.05, 0) is 24.3 Å². The normalized spacial score (nSPS) is 10.3. The van der Waals surface area contributed by atoms with Crippen LogP contribution in [0.2, 0.25) is 0 Å². The van der Waals surface area contributed by atoms with Crippen molar-refractivity contribution in [2.75, 3.05) is 5.32 Å². The summed E-state index contributed by atoms with van der Waals surface area (Å²) in [6.45, 7) is 0. The number of hydrogen-bond donors (Lipinski definition) is 2. The van der Waals surface area contributed by atoms with Crippen molar-refractivity contribution >= 4 is 28.6 Å². The Morgan fingerprint density at radius 2 is 1.62 bits per heavy atom. The van der Waals surface area contributed by atoms with Crippen LogP contribution >= 0.6 is 0 Å². The third-order valence-electron chi connectivity index (χ3n) is 2.91. The van der Waals surface area contributed by atoms with Gasteiger partial charge in [-0.15, -0.1) is 0 Å². The molecule has 3 rings (SSSR count). The summed E-state index contributed by atoms with van der Waals surface area (Å²) in [5.41, 5.74) is 1.21. The fourth-order valence-electron chi connectivity index (χ4n) is 1.94. The molecular formula is C16H12N2O3. The molecule has 2 N–H and O–H groups in total. The third kappa shape index (κ3) is 2.92. The Hall–Kier alpha value is -3.08. The molecule has 3 aromatic rings. The molecule has 0 fully saturated rings. The number of carbonyl (C=O) groups is 2. The van der Waals surface area contributed by atoms with E-state index in [4.69, 9.17) is 4.42 Å². The second-order valence-corrected chi connectivity index (χ2v) is 4.42. The van der Waals surface area contributed by atoms with Crippen molar-refractivity contribution in [2.45, 2.75) is 0 Å². The van der Waals surface area contributed by atoms with Crippen LogP contribution in [0.4, 0.5) is 10.5 Å². The van der Waals surface area contributed by atoms with E-state index in [0.717, 1.165) is 5.39 Å². The highest BCUT2D eigenvalue weighted by atomic mass is 16.3. The first-order valence-corrected chi connectivity index (χ1v) is 6.38. The summed E-state index contributed by atoms with van der Waals surface area (Å²) >= 11 is 0. The molecule has 0 aliphatic carbocycles. The van der Waals surface area contributed by atoms with Crippen molar-refractivity contribution < 1.29 is 14.0 Å². The van der Waals surface area contributed by atoms with Gasteiger partial charge in [0.2, 0.25) is 0 Å². The number of anilines is 1. The Balaban J connectivity index is 1.69. The highest BCUT2D eigenvalue weighted by Crippen LogP contribution is 2.18. The van der Waals surface area contributed by atoms with Crippen molar-refractivity contribution in [2.24, 2.45) is 0 Å². The predicted molar refractivity (Wildman–Crippen MR) is 79.1 cm³/mol. The average molecular weight is 280 g/mol. The molecule has 0 aliphatic rings. The minimum atomic E-state index is -0.605. The zero-order valence-corrected chi connectivity index (χ0v) is 11.0. The van der Waals surface area contributed by atoms with E-state index in [1.165, 1.54) is 0 Å². The lowest BCUT2D eigenvalue weighted by atomic mass is 10.2. The van der Waals surface area contributed by atoms with Gasteiger partial charge < -0.3 is 9.73 Å². The lowest BCUT2D eigenvalue weighted by Gasteiger charge is -2.04. The predicted octanol–water partition coefficient (Wildman–Crippen LogP) is 3.39. The number of rotatable bonds is 2. The highest BCUT2D eigenvalue weighted by Gasteiger charge is 2.15. The van der Waals surface area contributed by atoms with Gasteiger partial charge in [-0.1, -0.05) is 36.4 Å². The Morgan fingerprint density at radius 1 is 0.905 bits per heavy atom. The van der Waals surface area contributed by atoms with Crippen molar-refractivity contribution in [1.82, 2.24) is 5.32 Å². The lowest BCUT2D eigenvalue weighted by molar-refractivity contribution is 0.0942. The minimum absolute atomic E-state index is 0.0967. The first kappa shape index (κ1) is 12.9. The Morgan fingerprint density at radius 3 is 2.38 bits per heavy atom. The van der Waals surface area contributed by atoms with E-state index in [-0.39, 0.29) is 5.76 Å². The van der Waals surface area contributed by atoms with Crippen LogP contribution < -0.4 is 10.6 Å². The van der Waals surface area contributed by atoms with Crippen molar-refractivity contribution in [3.63, 3.8) is 0 Å². The SMILES string of the molecule is O=C(NC(=O)c1cc2ccccc2o1)Nc1ccccc1. The molecule has 0 unspecified atom stereocenters. The summed E-state index contributed by atoms with van der Waals surface area (Å²) in [6.07, 6.45) is 0. The summed E-state index contributed by atoms with van der Waals surface area (Å²) in [5.74, 6) is -0.487. The van der Waals surface area contributed by atoms with E-state index >= 15 is 0 Å². The maximum atomic E-state index is 11.9. The van der Waals surface area contributed by atoms with E-state index < -0.39 is 11.9 Å². The summed E-state index contributed by atoms with van der Waals surface area (Å²) in [6, 6.07) is 17.1. The lowest BCUT2D eigenvalue weighted by Crippen LogP contribution is -2.34. The largest absolute Gasteiger partial charge is 0.451 e. The van der Waals surface area contributed by atoms with Crippen LogP contribution in [0.25, 0.3) is 11.0 Å². The van der Waals surface area contributed by atoms with Crippen molar-refractivity contribution in [3.8, 4) is 0 Å². The Bertz CT molecular complexity index is 760. The van der Waals surface area contributed by atoms with E-state index in [1.54, 1.807) is 36.4 Å². The number of amides is 3. The maximum absolute atomic E-state index is 11.9. The number of benzene rings is 2. The van der Waals surface area contributed by atoms with E-state index in [1.807, 2.05) is 24.3 Å². The number of hydrogen-bond acceptors (Lipinski definition) is 3. The first-order chi connectivity index (χ1) is 10.2. The van der Waals surface area contributed by atoms with E-state index in [0.29, 0.717) is 11.3 Å². The molecule has 0 atom stereocenters. The van der Waals surface area contributed by atoms with Crippen LogP contribution in [0.1, 0.15) is 10.6 Å². The topological polar surface area (TPSA) is 71.3 Å². The van der Waals surface area contributed by atoms with Gasteiger partial charge in [0, 0.05) is 11.1 Å². The van der Waals surface area contributed by atoms with Crippen LogP contribution in [0.3, 0.4) is 0 Å². The van der Waals surface area contributed by atoms with E-state index in [2.05, 4.69) is 10.6 Å². The summed E-state index contributed by atoms with van der Waals surface area (Å²) in [5, 5.41) is 5.60. The molecule has 0 aliphatic heterocycles. The van der Waals surface area contributed by atoms with Gasteiger partial charge in [0.05, 0.1) is 0 Å². The molecule has 0 radical (unpaired) electrons. The molecule has 0 bridgehead atoms.